The number of halogens is 3. The maximum absolute atomic E-state index is 12.5. The number of carbonyl (C=O) groups is 1. The van der Waals surface area contributed by atoms with Gasteiger partial charge in [-0.05, 0) is 25.1 Å². The molecule has 1 amide bonds. The molecule has 0 unspecified atom stereocenters. The number of nitro groups is 1. The van der Waals surface area contributed by atoms with Crippen molar-refractivity contribution >= 4 is 17.3 Å². The fourth-order valence-electron chi connectivity index (χ4n) is 2.49. The van der Waals surface area contributed by atoms with E-state index >= 15 is 0 Å². The molecule has 0 fully saturated rings. The number of ether oxygens (including phenoxy) is 1. The minimum Gasteiger partial charge on any atom is -0.404 e. The van der Waals surface area contributed by atoms with Gasteiger partial charge >= 0.3 is 6.36 Å². The Morgan fingerprint density at radius 2 is 1.93 bits per heavy atom. The first kappa shape index (κ1) is 19.8. The summed E-state index contributed by atoms with van der Waals surface area (Å²) in [5.41, 5.74) is -0.0275. The maximum atomic E-state index is 12.5. The first-order valence-corrected chi connectivity index (χ1v) is 7.99. The third-order valence-electron chi connectivity index (χ3n) is 3.76. The first-order valence-electron chi connectivity index (χ1n) is 7.99. The Morgan fingerprint density at radius 1 is 1.21 bits per heavy atom. The fourth-order valence-corrected chi connectivity index (χ4v) is 2.49. The van der Waals surface area contributed by atoms with Crippen molar-refractivity contribution < 1.29 is 27.6 Å². The van der Waals surface area contributed by atoms with Crippen LogP contribution in [0.15, 0.2) is 48.5 Å². The van der Waals surface area contributed by atoms with Gasteiger partial charge in [0.05, 0.1) is 22.0 Å². The molecule has 0 atom stereocenters. The van der Waals surface area contributed by atoms with E-state index in [1.54, 1.807) is 0 Å². The summed E-state index contributed by atoms with van der Waals surface area (Å²) in [4.78, 5) is 22.8. The van der Waals surface area contributed by atoms with Crippen molar-refractivity contribution in [1.82, 2.24) is 15.0 Å². The molecule has 1 aromatic heterocycles. The molecular formula is C17H12F3N5O4. The van der Waals surface area contributed by atoms with Crippen LogP contribution in [0.1, 0.15) is 16.2 Å². The van der Waals surface area contributed by atoms with Gasteiger partial charge in [0.2, 0.25) is 0 Å². The number of aromatic nitrogens is 3. The number of non-ortho nitro benzene ring substituents is 1. The van der Waals surface area contributed by atoms with Crippen molar-refractivity contribution in [2.75, 3.05) is 5.32 Å². The van der Waals surface area contributed by atoms with E-state index in [1.165, 1.54) is 54.1 Å². The zero-order valence-corrected chi connectivity index (χ0v) is 14.7. The van der Waals surface area contributed by atoms with Crippen molar-refractivity contribution in [2.24, 2.45) is 0 Å². The molecule has 0 saturated carbocycles. The van der Waals surface area contributed by atoms with Crippen LogP contribution < -0.4 is 10.1 Å². The SMILES string of the molecule is Cc1c(C(=O)Nc2ccccc2OC(F)(F)F)nnn1-c1cccc([N+](=O)[O-])c1. The number of hydrogen-bond acceptors (Lipinski definition) is 6. The van der Waals surface area contributed by atoms with E-state index in [9.17, 15) is 28.1 Å². The third kappa shape index (κ3) is 4.48. The Bertz CT molecular complexity index is 1080. The lowest BCUT2D eigenvalue weighted by atomic mass is 10.2. The van der Waals surface area contributed by atoms with Gasteiger partial charge in [0.25, 0.3) is 11.6 Å². The molecule has 0 saturated heterocycles. The van der Waals surface area contributed by atoms with Crippen molar-refractivity contribution in [3.05, 3.63) is 70.0 Å². The van der Waals surface area contributed by atoms with E-state index in [2.05, 4.69) is 20.4 Å². The van der Waals surface area contributed by atoms with E-state index < -0.39 is 22.9 Å². The van der Waals surface area contributed by atoms with E-state index in [1.807, 2.05) is 0 Å². The number of nitrogens with zero attached hydrogens (tertiary/aromatic N) is 4. The highest BCUT2D eigenvalue weighted by atomic mass is 19.4. The van der Waals surface area contributed by atoms with Gasteiger partial charge in [0.15, 0.2) is 11.4 Å². The van der Waals surface area contributed by atoms with Gasteiger partial charge in [-0.2, -0.15) is 0 Å². The molecule has 9 nitrogen and oxygen atoms in total. The van der Waals surface area contributed by atoms with Gasteiger partial charge in [0, 0.05) is 12.1 Å². The lowest BCUT2D eigenvalue weighted by molar-refractivity contribution is -0.384. The second kappa shape index (κ2) is 7.58. The van der Waals surface area contributed by atoms with Crippen molar-refractivity contribution in [2.45, 2.75) is 13.3 Å². The molecular weight excluding hydrogens is 395 g/mol. The number of nitro benzene ring substituents is 1. The van der Waals surface area contributed by atoms with E-state index in [4.69, 9.17) is 0 Å². The van der Waals surface area contributed by atoms with Crippen molar-refractivity contribution in [3.63, 3.8) is 0 Å². The van der Waals surface area contributed by atoms with Crippen molar-refractivity contribution in [1.29, 1.82) is 0 Å². The minimum atomic E-state index is -4.93. The predicted molar refractivity (Wildman–Crippen MR) is 93.8 cm³/mol. The molecule has 3 aromatic rings. The summed E-state index contributed by atoms with van der Waals surface area (Å²) in [5.74, 6) is -1.41. The van der Waals surface area contributed by atoms with Gasteiger partial charge < -0.3 is 10.1 Å². The normalized spacial score (nSPS) is 11.2. The summed E-state index contributed by atoms with van der Waals surface area (Å²) in [7, 11) is 0. The van der Waals surface area contributed by atoms with Crippen LogP contribution in [0.2, 0.25) is 0 Å². The molecule has 1 N–H and O–H groups in total. The predicted octanol–water partition coefficient (Wildman–Crippen LogP) is 3.63. The molecule has 2 aromatic carbocycles. The van der Waals surface area contributed by atoms with Gasteiger partial charge in [-0.1, -0.05) is 23.4 Å². The Balaban J connectivity index is 1.88. The molecule has 0 aliphatic heterocycles. The minimum absolute atomic E-state index is 0.168. The molecule has 0 spiro atoms. The summed E-state index contributed by atoms with van der Waals surface area (Å²) >= 11 is 0. The van der Waals surface area contributed by atoms with Crippen LogP contribution in [0.5, 0.6) is 5.75 Å². The molecule has 3 rings (SSSR count). The monoisotopic (exact) mass is 407 g/mol. The summed E-state index contributed by atoms with van der Waals surface area (Å²) < 4.78 is 42.7. The first-order chi connectivity index (χ1) is 13.7. The Labute approximate surface area is 160 Å². The van der Waals surface area contributed by atoms with E-state index in [-0.39, 0.29) is 22.8 Å². The standard InChI is InChI=1S/C17H12F3N5O4/c1-10-15(22-23-24(10)11-5-4-6-12(9-11)25(27)28)16(26)21-13-7-2-3-8-14(13)29-17(18,19)20/h2-9H,1H3,(H,21,26). The number of carbonyl (C=O) groups excluding carboxylic acids is 1. The Kier molecular flexibility index (Phi) is 5.17. The van der Waals surface area contributed by atoms with Crippen LogP contribution in [-0.2, 0) is 0 Å². The zero-order chi connectivity index (χ0) is 21.2. The summed E-state index contributed by atoms with van der Waals surface area (Å²) in [6, 6.07) is 10.5. The topological polar surface area (TPSA) is 112 Å². The van der Waals surface area contributed by atoms with Gasteiger partial charge in [-0.3, -0.25) is 14.9 Å². The molecule has 12 heteroatoms. The van der Waals surface area contributed by atoms with Gasteiger partial charge in [-0.25, -0.2) is 4.68 Å². The number of rotatable bonds is 5. The van der Waals surface area contributed by atoms with Crippen LogP contribution in [0.25, 0.3) is 5.69 Å². The summed E-state index contributed by atoms with van der Waals surface area (Å²) in [6.45, 7) is 1.49. The highest BCUT2D eigenvalue weighted by molar-refractivity contribution is 6.04. The maximum Gasteiger partial charge on any atom is 0.573 e. The summed E-state index contributed by atoms with van der Waals surface area (Å²) in [5, 5.41) is 20.8. The molecule has 0 aliphatic carbocycles. The smallest absolute Gasteiger partial charge is 0.404 e. The number of amides is 1. The van der Waals surface area contributed by atoms with Crippen LogP contribution in [0.4, 0.5) is 24.5 Å². The van der Waals surface area contributed by atoms with Crippen molar-refractivity contribution in [3.8, 4) is 11.4 Å². The molecule has 0 aliphatic rings. The van der Waals surface area contributed by atoms with Crippen LogP contribution in [0.3, 0.4) is 0 Å². The number of para-hydroxylation sites is 2. The average Bonchev–Trinajstić information content (AvgIpc) is 3.04. The zero-order valence-electron chi connectivity index (χ0n) is 14.7. The molecule has 150 valence electrons. The van der Waals surface area contributed by atoms with Crippen LogP contribution in [-0.4, -0.2) is 32.2 Å². The number of alkyl halides is 3. The highest BCUT2D eigenvalue weighted by Crippen LogP contribution is 2.30. The number of benzene rings is 2. The third-order valence-corrected chi connectivity index (χ3v) is 3.76. The number of anilines is 1. The lowest BCUT2D eigenvalue weighted by Gasteiger charge is -2.13. The highest BCUT2D eigenvalue weighted by Gasteiger charge is 2.32. The molecule has 0 bridgehead atoms. The van der Waals surface area contributed by atoms with Gasteiger partial charge in [-0.15, -0.1) is 18.3 Å². The fraction of sp³-hybridized carbons (Fsp3) is 0.118. The van der Waals surface area contributed by atoms with Gasteiger partial charge in [0.1, 0.15) is 0 Å². The van der Waals surface area contributed by atoms with Crippen LogP contribution >= 0.6 is 0 Å². The second-order valence-corrected chi connectivity index (χ2v) is 5.71. The second-order valence-electron chi connectivity index (χ2n) is 5.71. The van der Waals surface area contributed by atoms with E-state index in [0.29, 0.717) is 5.69 Å². The summed E-state index contributed by atoms with van der Waals surface area (Å²) in [6.07, 6.45) is -4.93. The Hall–Kier alpha value is -3.96. The molecule has 29 heavy (non-hydrogen) atoms. The Morgan fingerprint density at radius 3 is 2.62 bits per heavy atom. The average molecular weight is 407 g/mol. The largest absolute Gasteiger partial charge is 0.573 e. The lowest BCUT2D eigenvalue weighted by Crippen LogP contribution is -2.20. The van der Waals surface area contributed by atoms with E-state index in [0.717, 1.165) is 6.07 Å². The number of nitrogens with one attached hydrogen (secondary N) is 1. The number of hydrogen-bond donors (Lipinski definition) is 1. The molecule has 1 heterocycles. The quantitative estimate of drug-likeness (QED) is 0.511. The molecule has 0 radical (unpaired) electrons. The van der Waals surface area contributed by atoms with Crippen LogP contribution in [0, 0.1) is 17.0 Å².